The third-order valence-corrected chi connectivity index (χ3v) is 8.28. The van der Waals surface area contributed by atoms with Crippen LogP contribution < -0.4 is 5.32 Å². The lowest BCUT2D eigenvalue weighted by molar-refractivity contribution is -0.384. The lowest BCUT2D eigenvalue weighted by Crippen LogP contribution is -2.52. The van der Waals surface area contributed by atoms with Crippen molar-refractivity contribution in [3.8, 4) is 0 Å². The molecule has 3 aliphatic heterocycles. The van der Waals surface area contributed by atoms with E-state index < -0.39 is 16.4 Å². The molecule has 34 heavy (non-hydrogen) atoms. The van der Waals surface area contributed by atoms with Crippen LogP contribution in [0.2, 0.25) is 0 Å². The minimum Gasteiger partial charge on any atom is -0.324 e. The first kappa shape index (κ1) is 21.0. The molecule has 2 fully saturated rings. The average molecular weight is 473 g/mol. The number of carbonyl (C=O) groups excluding carboxylic acids is 2. The van der Waals surface area contributed by atoms with Gasteiger partial charge in [0.05, 0.1) is 10.8 Å². The highest BCUT2D eigenvalue weighted by molar-refractivity contribution is 7.99. The summed E-state index contributed by atoms with van der Waals surface area (Å²) in [6.45, 7) is 0. The minimum absolute atomic E-state index is 0.00629. The standard InChI is InChI=1S/C25H20N4O4S/c30-23(16-4-3-11-26-12-16)22-21(15-7-9-17(10-8-15)29(32)33)20-13-34-14-28(20)25(22)18-5-1-2-6-19(18)27-24(25)31/h1-12,20-22H,13-14H2,(H,27,31)/t20-,21-,22+,25+/m1/s1. The number of nitro groups is 1. The highest BCUT2D eigenvalue weighted by Crippen LogP contribution is 2.61. The van der Waals surface area contributed by atoms with E-state index in [0.717, 1.165) is 22.6 Å². The van der Waals surface area contributed by atoms with Gasteiger partial charge in [0, 0.05) is 64.9 Å². The Kier molecular flexibility index (Phi) is 4.79. The number of nitrogens with zero attached hydrogens (tertiary/aromatic N) is 3. The van der Waals surface area contributed by atoms with Crippen LogP contribution in [-0.4, -0.2) is 44.2 Å². The van der Waals surface area contributed by atoms with E-state index in [1.807, 2.05) is 24.3 Å². The van der Waals surface area contributed by atoms with Crippen LogP contribution in [0.3, 0.4) is 0 Å². The predicted molar refractivity (Wildman–Crippen MR) is 128 cm³/mol. The van der Waals surface area contributed by atoms with Crippen LogP contribution in [0.1, 0.15) is 27.4 Å². The Labute approximate surface area is 199 Å². The SMILES string of the molecule is O=C(c1cccnc1)[C@@H]1[C@H](c2ccc([N+](=O)[O-])cc2)[C@H]2CSCN2[C@]12C(=O)Nc1ccccc12. The van der Waals surface area contributed by atoms with Gasteiger partial charge in [0.1, 0.15) is 5.54 Å². The number of Topliss-reactive ketones (excluding diaryl/α,β-unsaturated/α-hetero) is 1. The fourth-order valence-electron chi connectivity index (χ4n) is 5.91. The second-order valence-electron chi connectivity index (χ2n) is 8.76. The Morgan fingerprint density at radius 1 is 1.15 bits per heavy atom. The van der Waals surface area contributed by atoms with E-state index in [4.69, 9.17) is 0 Å². The summed E-state index contributed by atoms with van der Waals surface area (Å²) in [5.41, 5.74) is 1.62. The molecule has 170 valence electrons. The van der Waals surface area contributed by atoms with Gasteiger partial charge in [-0.05, 0) is 23.8 Å². The molecule has 0 aliphatic carbocycles. The third-order valence-electron chi connectivity index (χ3n) is 7.25. The zero-order valence-corrected chi connectivity index (χ0v) is 18.8. The number of anilines is 1. The summed E-state index contributed by atoms with van der Waals surface area (Å²) in [5.74, 6) is -0.00811. The highest BCUT2D eigenvalue weighted by Gasteiger charge is 2.69. The first-order valence-corrected chi connectivity index (χ1v) is 12.1. The molecular weight excluding hydrogens is 452 g/mol. The number of carbonyl (C=O) groups is 2. The van der Waals surface area contributed by atoms with Crippen molar-refractivity contribution >= 4 is 34.8 Å². The monoisotopic (exact) mass is 472 g/mol. The van der Waals surface area contributed by atoms with Crippen LogP contribution in [0.15, 0.2) is 73.1 Å². The Hall–Kier alpha value is -3.56. The summed E-state index contributed by atoms with van der Waals surface area (Å²) in [4.78, 5) is 45.2. The molecule has 4 heterocycles. The van der Waals surface area contributed by atoms with Crippen LogP contribution in [0.25, 0.3) is 0 Å². The number of nitrogens with one attached hydrogen (secondary N) is 1. The van der Waals surface area contributed by atoms with Crippen molar-refractivity contribution in [1.82, 2.24) is 9.88 Å². The zero-order valence-electron chi connectivity index (χ0n) is 18.0. The minimum atomic E-state index is -1.16. The molecule has 2 aromatic carbocycles. The van der Waals surface area contributed by atoms with Gasteiger partial charge in [-0.15, -0.1) is 11.8 Å². The van der Waals surface area contributed by atoms with E-state index in [2.05, 4.69) is 15.2 Å². The van der Waals surface area contributed by atoms with Crippen molar-refractivity contribution in [1.29, 1.82) is 0 Å². The number of non-ortho nitro benzene ring substituents is 1. The number of pyridine rings is 1. The summed E-state index contributed by atoms with van der Waals surface area (Å²) in [7, 11) is 0. The molecule has 1 spiro atoms. The van der Waals surface area contributed by atoms with Gasteiger partial charge in [0.15, 0.2) is 5.78 Å². The van der Waals surface area contributed by atoms with E-state index in [0.29, 0.717) is 11.4 Å². The average Bonchev–Trinajstić information content (AvgIpc) is 3.52. The Morgan fingerprint density at radius 3 is 2.68 bits per heavy atom. The second-order valence-corrected chi connectivity index (χ2v) is 9.76. The van der Waals surface area contributed by atoms with E-state index in [1.165, 1.54) is 12.1 Å². The van der Waals surface area contributed by atoms with E-state index >= 15 is 0 Å². The number of aromatic nitrogens is 1. The summed E-state index contributed by atoms with van der Waals surface area (Å²) in [5, 5.41) is 14.3. The molecule has 8 nitrogen and oxygen atoms in total. The number of ketones is 1. The van der Waals surface area contributed by atoms with Crippen LogP contribution in [-0.2, 0) is 10.3 Å². The molecule has 1 aromatic heterocycles. The fraction of sp³-hybridized carbons (Fsp3) is 0.240. The van der Waals surface area contributed by atoms with Gasteiger partial charge in [0.25, 0.3) is 5.69 Å². The first-order valence-electron chi connectivity index (χ1n) is 11.0. The van der Waals surface area contributed by atoms with Crippen LogP contribution in [0.4, 0.5) is 11.4 Å². The van der Waals surface area contributed by atoms with Crippen molar-refractivity contribution in [3.05, 3.63) is 99.9 Å². The maximum absolute atomic E-state index is 14.2. The van der Waals surface area contributed by atoms with Gasteiger partial charge in [-0.1, -0.05) is 30.3 Å². The number of hydrogen-bond acceptors (Lipinski definition) is 7. The van der Waals surface area contributed by atoms with Crippen molar-refractivity contribution in [3.63, 3.8) is 0 Å². The van der Waals surface area contributed by atoms with E-state index in [-0.39, 0.29) is 29.3 Å². The normalized spacial score (nSPS) is 27.4. The molecule has 0 bridgehead atoms. The fourth-order valence-corrected chi connectivity index (χ4v) is 7.24. The molecule has 4 atom stereocenters. The van der Waals surface area contributed by atoms with Gasteiger partial charge in [-0.25, -0.2) is 0 Å². The summed E-state index contributed by atoms with van der Waals surface area (Å²) in [6, 6.07) is 17.3. The van der Waals surface area contributed by atoms with Crippen LogP contribution in [0.5, 0.6) is 0 Å². The Bertz CT molecular complexity index is 1320. The number of para-hydroxylation sites is 1. The van der Waals surface area contributed by atoms with Crippen molar-refractivity contribution in [2.24, 2.45) is 5.92 Å². The van der Waals surface area contributed by atoms with Gasteiger partial charge < -0.3 is 5.32 Å². The van der Waals surface area contributed by atoms with E-state index in [9.17, 15) is 19.7 Å². The van der Waals surface area contributed by atoms with Gasteiger partial charge in [-0.3, -0.25) is 29.6 Å². The topological polar surface area (TPSA) is 105 Å². The Morgan fingerprint density at radius 2 is 1.94 bits per heavy atom. The number of benzene rings is 2. The quantitative estimate of drug-likeness (QED) is 0.350. The molecule has 0 radical (unpaired) electrons. The largest absolute Gasteiger partial charge is 0.324 e. The smallest absolute Gasteiger partial charge is 0.269 e. The number of fused-ring (bicyclic) bond motifs is 4. The number of rotatable bonds is 4. The third kappa shape index (κ3) is 2.80. The van der Waals surface area contributed by atoms with Crippen LogP contribution in [0, 0.1) is 16.0 Å². The second kappa shape index (κ2) is 7.75. The summed E-state index contributed by atoms with van der Waals surface area (Å²) in [6.07, 6.45) is 3.15. The summed E-state index contributed by atoms with van der Waals surface area (Å²) >= 11 is 1.73. The molecular formula is C25H20N4O4S. The first-order chi connectivity index (χ1) is 16.5. The molecule has 9 heteroatoms. The van der Waals surface area contributed by atoms with E-state index in [1.54, 1.807) is 48.4 Å². The number of amides is 1. The molecule has 3 aromatic rings. The van der Waals surface area contributed by atoms with Crippen molar-refractivity contribution in [2.45, 2.75) is 17.5 Å². The number of nitro benzene ring substituents is 1. The zero-order chi connectivity index (χ0) is 23.4. The molecule has 3 aliphatic rings. The maximum Gasteiger partial charge on any atom is 0.269 e. The van der Waals surface area contributed by atoms with Crippen molar-refractivity contribution in [2.75, 3.05) is 16.9 Å². The number of thioether (sulfide) groups is 1. The van der Waals surface area contributed by atoms with Crippen LogP contribution >= 0.6 is 11.8 Å². The number of hydrogen-bond donors (Lipinski definition) is 1. The molecule has 1 amide bonds. The van der Waals surface area contributed by atoms with Gasteiger partial charge >= 0.3 is 0 Å². The lowest BCUT2D eigenvalue weighted by Gasteiger charge is -2.36. The van der Waals surface area contributed by atoms with Gasteiger partial charge in [0.2, 0.25) is 5.91 Å². The summed E-state index contributed by atoms with van der Waals surface area (Å²) < 4.78 is 0. The molecule has 6 rings (SSSR count). The molecule has 2 saturated heterocycles. The molecule has 0 saturated carbocycles. The lowest BCUT2D eigenvalue weighted by atomic mass is 9.69. The van der Waals surface area contributed by atoms with Crippen molar-refractivity contribution < 1.29 is 14.5 Å². The highest BCUT2D eigenvalue weighted by atomic mass is 32.2. The van der Waals surface area contributed by atoms with Gasteiger partial charge in [-0.2, -0.15) is 0 Å². The Balaban J connectivity index is 1.59. The molecule has 0 unspecified atom stereocenters. The molecule has 1 N–H and O–H groups in total. The predicted octanol–water partition coefficient (Wildman–Crippen LogP) is 3.81. The maximum atomic E-state index is 14.2.